The van der Waals surface area contributed by atoms with Crippen molar-refractivity contribution in [1.29, 1.82) is 5.26 Å². The maximum absolute atomic E-state index is 13.5. The number of allylic oxidation sites excluding steroid dienone is 2. The zero-order valence-electron chi connectivity index (χ0n) is 21.1. The summed E-state index contributed by atoms with van der Waals surface area (Å²) < 4.78 is 5.37. The molecule has 4 atom stereocenters. The Morgan fingerprint density at radius 3 is 2.69 bits per heavy atom. The first kappa shape index (κ1) is 26.7. The number of nitrogens with one attached hydrogen (secondary N) is 2. The van der Waals surface area contributed by atoms with Crippen LogP contribution in [0, 0.1) is 22.7 Å². The van der Waals surface area contributed by atoms with Gasteiger partial charge in [-0.2, -0.15) is 5.26 Å². The lowest BCUT2D eigenvalue weighted by molar-refractivity contribution is -0.140. The number of rotatable bonds is 3. The van der Waals surface area contributed by atoms with Gasteiger partial charge in [-0.15, -0.1) is 0 Å². The molecular weight excluding hydrogens is 448 g/mol. The molecule has 9 heteroatoms. The number of ether oxygens (including phenoxy) is 1. The minimum absolute atomic E-state index is 0.0394. The van der Waals surface area contributed by atoms with Gasteiger partial charge in [0.05, 0.1) is 17.5 Å². The summed E-state index contributed by atoms with van der Waals surface area (Å²) in [6.07, 6.45) is 9.19. The second kappa shape index (κ2) is 11.2. The predicted molar refractivity (Wildman–Crippen MR) is 129 cm³/mol. The van der Waals surface area contributed by atoms with E-state index in [2.05, 4.69) is 16.7 Å². The molecule has 192 valence electrons. The van der Waals surface area contributed by atoms with Crippen LogP contribution in [0.4, 0.5) is 4.79 Å². The molecule has 0 bridgehead atoms. The van der Waals surface area contributed by atoms with Crippen molar-refractivity contribution >= 4 is 23.7 Å². The van der Waals surface area contributed by atoms with Crippen LogP contribution < -0.4 is 10.6 Å². The molecule has 0 spiro atoms. The normalized spacial score (nSPS) is 30.6. The van der Waals surface area contributed by atoms with Crippen molar-refractivity contribution in [3.05, 3.63) is 12.2 Å². The third-order valence-corrected chi connectivity index (χ3v) is 7.03. The summed E-state index contributed by atoms with van der Waals surface area (Å²) in [4.78, 5) is 53.9. The summed E-state index contributed by atoms with van der Waals surface area (Å²) in [6, 6.07) is 0.547. The van der Waals surface area contributed by atoms with E-state index in [9.17, 15) is 19.2 Å². The molecule has 1 aliphatic carbocycles. The summed E-state index contributed by atoms with van der Waals surface area (Å²) in [5.74, 6) is -0.714. The number of alkyl carbamates (subject to hydrolysis) is 1. The van der Waals surface area contributed by atoms with Crippen LogP contribution in [0.3, 0.4) is 0 Å². The molecule has 0 aromatic heterocycles. The van der Waals surface area contributed by atoms with E-state index in [0.29, 0.717) is 32.2 Å². The lowest BCUT2D eigenvalue weighted by Gasteiger charge is -2.30. The Hall–Kier alpha value is -2.89. The van der Waals surface area contributed by atoms with Gasteiger partial charge in [-0.3, -0.25) is 14.4 Å². The van der Waals surface area contributed by atoms with Gasteiger partial charge in [0, 0.05) is 13.0 Å². The summed E-state index contributed by atoms with van der Waals surface area (Å²) >= 11 is 0. The fraction of sp³-hybridized carbons (Fsp3) is 0.731. The van der Waals surface area contributed by atoms with E-state index in [1.807, 2.05) is 12.1 Å². The van der Waals surface area contributed by atoms with E-state index in [1.165, 1.54) is 0 Å². The number of nitrogens with zero attached hydrogens (tertiary/aromatic N) is 2. The molecule has 3 aliphatic rings. The van der Waals surface area contributed by atoms with Gasteiger partial charge in [0.1, 0.15) is 18.2 Å². The number of carbonyl (C=O) groups is 4. The van der Waals surface area contributed by atoms with Crippen LogP contribution >= 0.6 is 0 Å². The zero-order valence-corrected chi connectivity index (χ0v) is 21.1. The van der Waals surface area contributed by atoms with Gasteiger partial charge in [0.25, 0.3) is 0 Å². The molecule has 2 N–H and O–H groups in total. The van der Waals surface area contributed by atoms with E-state index in [1.54, 1.807) is 25.7 Å². The van der Waals surface area contributed by atoms with Crippen LogP contribution in [-0.2, 0) is 19.1 Å². The van der Waals surface area contributed by atoms with Crippen molar-refractivity contribution in [1.82, 2.24) is 15.5 Å². The first-order valence-corrected chi connectivity index (χ1v) is 12.7. The first-order valence-electron chi connectivity index (χ1n) is 12.7. The lowest BCUT2D eigenvalue weighted by atomic mass is 9.91. The van der Waals surface area contributed by atoms with Gasteiger partial charge >= 0.3 is 6.09 Å². The zero-order chi connectivity index (χ0) is 25.6. The summed E-state index contributed by atoms with van der Waals surface area (Å²) in [5.41, 5.74) is -1.54. The second-order valence-electron chi connectivity index (χ2n) is 10.9. The Kier molecular flexibility index (Phi) is 8.57. The molecule has 2 fully saturated rings. The average molecular weight is 487 g/mol. The Morgan fingerprint density at radius 2 is 1.97 bits per heavy atom. The molecule has 0 aromatic rings. The first-order chi connectivity index (χ1) is 16.6. The molecule has 3 rings (SSSR count). The van der Waals surface area contributed by atoms with Crippen molar-refractivity contribution in [2.24, 2.45) is 11.3 Å². The second-order valence-corrected chi connectivity index (χ2v) is 10.9. The summed E-state index contributed by atoms with van der Waals surface area (Å²) in [6.45, 7) is 5.64. The van der Waals surface area contributed by atoms with E-state index in [0.717, 1.165) is 25.7 Å². The molecule has 2 heterocycles. The Morgan fingerprint density at radius 1 is 1.20 bits per heavy atom. The Labute approximate surface area is 207 Å². The van der Waals surface area contributed by atoms with Gasteiger partial charge in [0.15, 0.2) is 5.78 Å². The minimum Gasteiger partial charge on any atom is -0.444 e. The number of carbonyl (C=O) groups excluding carboxylic acids is 4. The van der Waals surface area contributed by atoms with Crippen molar-refractivity contribution in [3.8, 4) is 6.07 Å². The number of amides is 3. The number of nitriles is 1. The highest BCUT2D eigenvalue weighted by molar-refractivity contribution is 5.97. The van der Waals surface area contributed by atoms with Gasteiger partial charge in [-0.1, -0.05) is 25.0 Å². The van der Waals surface area contributed by atoms with Crippen LogP contribution in [0.5, 0.6) is 0 Å². The quantitative estimate of drug-likeness (QED) is 0.466. The fourth-order valence-electron chi connectivity index (χ4n) is 5.18. The maximum Gasteiger partial charge on any atom is 0.408 e. The maximum atomic E-state index is 13.5. The van der Waals surface area contributed by atoms with Crippen LogP contribution in [0.15, 0.2) is 12.2 Å². The SMILES string of the molecule is CC(C)(C)OC(=O)N[C@H]1CCCCC/C=C\[C@@H]2C[C@@]2(C(=O)NCC#N)CC(=O)[C@@H]2CCCN2C1=O. The minimum atomic E-state index is -0.851. The number of Topliss-reactive ketones (excluding diaryl/α,β-unsaturated/α-hetero) is 1. The topological polar surface area (TPSA) is 129 Å². The summed E-state index contributed by atoms with van der Waals surface area (Å²) in [7, 11) is 0. The molecule has 2 aliphatic heterocycles. The number of hydrogen-bond donors (Lipinski definition) is 2. The Balaban J connectivity index is 1.81. The van der Waals surface area contributed by atoms with Gasteiger partial charge in [-0.25, -0.2) is 4.79 Å². The third kappa shape index (κ3) is 6.83. The van der Waals surface area contributed by atoms with Gasteiger partial charge in [0.2, 0.25) is 11.8 Å². The van der Waals surface area contributed by atoms with E-state index in [-0.39, 0.29) is 36.5 Å². The molecule has 3 amide bonds. The van der Waals surface area contributed by atoms with E-state index in [4.69, 9.17) is 10.00 Å². The highest BCUT2D eigenvalue weighted by atomic mass is 16.6. The number of fused-ring (bicyclic) bond motifs is 2. The Bertz CT molecular complexity index is 902. The van der Waals surface area contributed by atoms with Crippen LogP contribution in [0.25, 0.3) is 0 Å². The standard InChI is InChI=1S/C26H38N4O5/c1-25(2,3)35-24(34)29-19-11-8-6-4-5-7-10-18-16-26(18,23(33)28-14-13-27)17-21(31)20-12-9-15-30(20)22(19)32/h7,10,18-20H,4-6,8-9,11-12,14-17H2,1-3H3,(H,28,33)(H,29,34)/b10-7-/t18-,19+,20+,26-/m1/s1. The highest BCUT2D eigenvalue weighted by Gasteiger charge is 2.60. The third-order valence-electron chi connectivity index (χ3n) is 7.03. The summed E-state index contributed by atoms with van der Waals surface area (Å²) in [5, 5.41) is 14.2. The van der Waals surface area contributed by atoms with Crippen molar-refractivity contribution in [2.75, 3.05) is 13.1 Å². The molecule has 0 radical (unpaired) electrons. The molecule has 0 unspecified atom stereocenters. The molecule has 1 saturated heterocycles. The van der Waals surface area contributed by atoms with Crippen LogP contribution in [-0.4, -0.2) is 59.4 Å². The monoisotopic (exact) mass is 486 g/mol. The van der Waals surface area contributed by atoms with Gasteiger partial charge < -0.3 is 20.3 Å². The number of hydrogen-bond acceptors (Lipinski definition) is 6. The predicted octanol–water partition coefficient (Wildman–Crippen LogP) is 3.00. The molecule has 1 saturated carbocycles. The van der Waals surface area contributed by atoms with Crippen molar-refractivity contribution in [3.63, 3.8) is 0 Å². The van der Waals surface area contributed by atoms with Gasteiger partial charge in [-0.05, 0) is 65.2 Å². The van der Waals surface area contributed by atoms with Crippen molar-refractivity contribution in [2.45, 2.75) is 96.2 Å². The molecular formula is C26H38N4O5. The lowest BCUT2D eigenvalue weighted by Crippen LogP contribution is -2.52. The van der Waals surface area contributed by atoms with Crippen LogP contribution in [0.1, 0.15) is 78.6 Å². The van der Waals surface area contributed by atoms with Crippen LogP contribution in [0.2, 0.25) is 0 Å². The smallest absolute Gasteiger partial charge is 0.408 e. The van der Waals surface area contributed by atoms with Crippen molar-refractivity contribution < 1.29 is 23.9 Å². The molecule has 35 heavy (non-hydrogen) atoms. The molecule has 9 nitrogen and oxygen atoms in total. The fourth-order valence-corrected chi connectivity index (χ4v) is 5.18. The van der Waals surface area contributed by atoms with E-state index < -0.39 is 29.2 Å². The number of ketones is 1. The molecule has 0 aromatic carbocycles. The largest absolute Gasteiger partial charge is 0.444 e. The van der Waals surface area contributed by atoms with E-state index >= 15 is 0 Å². The average Bonchev–Trinajstić information content (AvgIpc) is 3.24. The highest BCUT2D eigenvalue weighted by Crippen LogP contribution is 2.57.